The fourth-order valence-corrected chi connectivity index (χ4v) is 11.1. The second kappa shape index (κ2) is 14.4. The summed E-state index contributed by atoms with van der Waals surface area (Å²) < 4.78 is 0. The molecule has 2 atom stereocenters. The monoisotopic (exact) mass is 803 g/mol. The van der Waals surface area contributed by atoms with Crippen LogP contribution in [0.1, 0.15) is 47.2 Å². The van der Waals surface area contributed by atoms with Crippen molar-refractivity contribution in [2.75, 3.05) is 4.90 Å². The van der Waals surface area contributed by atoms with E-state index in [2.05, 4.69) is 255 Å². The Labute approximate surface area is 370 Å². The number of fused-ring (bicyclic) bond motifs is 7. The Morgan fingerprint density at radius 3 is 1.43 bits per heavy atom. The third kappa shape index (κ3) is 5.63. The normalized spacial score (nSPS) is 16.9. The standard InChI is InChI=1S/C62H45N/c1-61(45-20-5-3-6-21-45)56-29-14-11-26-52(56)54-38-34-44(40-58(54)61)51-25-13-16-31-60(51)63(47-35-32-43(33-36-47)50-28-17-19-42-18-9-10-24-49(42)50)48-37-39-55-53-27-12-15-30-57(53)62(2,59(55)41-48)46-22-7-4-8-23-46/h3-41H,1-2H3. The van der Waals surface area contributed by atoms with Crippen LogP contribution in [0.4, 0.5) is 17.1 Å². The number of rotatable bonds is 7. The molecule has 0 aliphatic heterocycles. The van der Waals surface area contributed by atoms with Gasteiger partial charge in [0.15, 0.2) is 0 Å². The molecule has 0 radical (unpaired) electrons. The maximum atomic E-state index is 2.48. The quantitative estimate of drug-likeness (QED) is 0.155. The van der Waals surface area contributed by atoms with Crippen molar-refractivity contribution < 1.29 is 0 Å². The van der Waals surface area contributed by atoms with Gasteiger partial charge in [-0.05, 0) is 133 Å². The number of benzene rings is 10. The van der Waals surface area contributed by atoms with Crippen molar-refractivity contribution in [2.45, 2.75) is 24.7 Å². The van der Waals surface area contributed by atoms with Gasteiger partial charge in [0.1, 0.15) is 0 Å². The van der Waals surface area contributed by atoms with E-state index in [9.17, 15) is 0 Å². The van der Waals surface area contributed by atoms with Crippen molar-refractivity contribution in [1.82, 2.24) is 0 Å². The zero-order valence-electron chi connectivity index (χ0n) is 35.5. The lowest BCUT2D eigenvalue weighted by molar-refractivity contribution is 0.714. The highest BCUT2D eigenvalue weighted by Gasteiger charge is 2.42. The topological polar surface area (TPSA) is 3.24 Å². The van der Waals surface area contributed by atoms with Gasteiger partial charge in [-0.15, -0.1) is 0 Å². The number of para-hydroxylation sites is 1. The average Bonchev–Trinajstić information content (AvgIpc) is 3.77. The molecule has 0 N–H and O–H groups in total. The summed E-state index contributed by atoms with van der Waals surface area (Å²) in [6.07, 6.45) is 0. The van der Waals surface area contributed by atoms with Crippen LogP contribution in [0.5, 0.6) is 0 Å². The Bertz CT molecular complexity index is 3360. The molecule has 0 bridgehead atoms. The van der Waals surface area contributed by atoms with E-state index in [-0.39, 0.29) is 10.8 Å². The number of anilines is 3. The van der Waals surface area contributed by atoms with E-state index in [4.69, 9.17) is 0 Å². The number of hydrogen-bond acceptors (Lipinski definition) is 1. The van der Waals surface area contributed by atoms with Crippen molar-refractivity contribution in [1.29, 1.82) is 0 Å². The summed E-state index contributed by atoms with van der Waals surface area (Å²) >= 11 is 0. The molecule has 0 heterocycles. The Hall–Kier alpha value is -7.74. The molecule has 0 aromatic heterocycles. The van der Waals surface area contributed by atoms with E-state index >= 15 is 0 Å². The summed E-state index contributed by atoms with van der Waals surface area (Å²) in [5.74, 6) is 0. The van der Waals surface area contributed by atoms with Gasteiger partial charge in [0.25, 0.3) is 0 Å². The largest absolute Gasteiger partial charge is 0.310 e. The van der Waals surface area contributed by atoms with Gasteiger partial charge in [-0.1, -0.05) is 200 Å². The lowest BCUT2D eigenvalue weighted by Crippen LogP contribution is -2.23. The van der Waals surface area contributed by atoms with Gasteiger partial charge in [-0.25, -0.2) is 0 Å². The summed E-state index contributed by atoms with van der Waals surface area (Å²) in [5.41, 5.74) is 20.7. The molecule has 2 aliphatic rings. The second-order valence-corrected chi connectivity index (χ2v) is 17.5. The molecule has 298 valence electrons. The Kier molecular flexibility index (Phi) is 8.49. The van der Waals surface area contributed by atoms with Crippen LogP contribution in [0.15, 0.2) is 237 Å². The minimum atomic E-state index is -0.330. The molecule has 1 nitrogen and oxygen atoms in total. The van der Waals surface area contributed by atoms with Gasteiger partial charge >= 0.3 is 0 Å². The SMILES string of the molecule is CC1(c2ccccc2)c2ccccc2-c2ccc(-c3ccccc3N(c3ccc(-c4cccc5ccccc45)cc3)c3ccc4c(c3)C(C)(c3ccccc3)c3ccccc3-4)cc21. The number of nitrogens with zero attached hydrogens (tertiary/aromatic N) is 1. The first-order chi connectivity index (χ1) is 31.0. The Balaban J connectivity index is 1.06. The smallest absolute Gasteiger partial charge is 0.0540 e. The van der Waals surface area contributed by atoms with Gasteiger partial charge in [0.2, 0.25) is 0 Å². The first-order valence-electron chi connectivity index (χ1n) is 22.1. The molecule has 12 rings (SSSR count). The Morgan fingerprint density at radius 2 is 0.762 bits per heavy atom. The molecule has 0 spiro atoms. The third-order valence-electron chi connectivity index (χ3n) is 14.3. The molecule has 10 aromatic carbocycles. The number of hydrogen-bond donors (Lipinski definition) is 0. The minimum Gasteiger partial charge on any atom is -0.310 e. The molecule has 10 aromatic rings. The van der Waals surface area contributed by atoms with E-state index in [1.807, 2.05) is 0 Å². The fourth-order valence-electron chi connectivity index (χ4n) is 11.1. The molecule has 0 saturated heterocycles. The first-order valence-corrected chi connectivity index (χ1v) is 22.1. The minimum absolute atomic E-state index is 0.299. The van der Waals surface area contributed by atoms with E-state index in [1.165, 1.54) is 88.7 Å². The van der Waals surface area contributed by atoms with Crippen LogP contribution in [0.2, 0.25) is 0 Å². The van der Waals surface area contributed by atoms with Crippen LogP contribution in [0.3, 0.4) is 0 Å². The zero-order valence-corrected chi connectivity index (χ0v) is 35.5. The molecule has 0 saturated carbocycles. The third-order valence-corrected chi connectivity index (χ3v) is 14.3. The van der Waals surface area contributed by atoms with Gasteiger partial charge in [0.05, 0.1) is 5.69 Å². The van der Waals surface area contributed by atoms with Crippen LogP contribution in [-0.2, 0) is 10.8 Å². The van der Waals surface area contributed by atoms with Crippen molar-refractivity contribution >= 4 is 27.8 Å². The molecule has 63 heavy (non-hydrogen) atoms. The van der Waals surface area contributed by atoms with Crippen LogP contribution in [0, 0.1) is 0 Å². The van der Waals surface area contributed by atoms with Gasteiger partial charge < -0.3 is 4.90 Å². The lowest BCUT2D eigenvalue weighted by Gasteiger charge is -2.32. The highest BCUT2D eigenvalue weighted by Crippen LogP contribution is 2.56. The van der Waals surface area contributed by atoms with Gasteiger partial charge in [0, 0.05) is 27.8 Å². The molecule has 0 amide bonds. The highest BCUT2D eigenvalue weighted by molar-refractivity contribution is 5.98. The van der Waals surface area contributed by atoms with Crippen LogP contribution in [0.25, 0.3) is 55.3 Å². The second-order valence-electron chi connectivity index (χ2n) is 17.5. The lowest BCUT2D eigenvalue weighted by atomic mass is 9.74. The predicted octanol–water partition coefficient (Wildman–Crippen LogP) is 16.3. The summed E-state index contributed by atoms with van der Waals surface area (Å²) in [7, 11) is 0. The zero-order chi connectivity index (χ0) is 42.1. The van der Waals surface area contributed by atoms with Crippen molar-refractivity contribution in [3.63, 3.8) is 0 Å². The molecule has 2 aliphatic carbocycles. The van der Waals surface area contributed by atoms with E-state index < -0.39 is 0 Å². The maximum absolute atomic E-state index is 2.48. The maximum Gasteiger partial charge on any atom is 0.0540 e. The summed E-state index contributed by atoms with van der Waals surface area (Å²) in [5, 5.41) is 2.51. The van der Waals surface area contributed by atoms with Crippen LogP contribution >= 0.6 is 0 Å². The van der Waals surface area contributed by atoms with Crippen molar-refractivity contribution in [2.24, 2.45) is 0 Å². The summed E-state index contributed by atoms with van der Waals surface area (Å²) in [4.78, 5) is 2.48. The van der Waals surface area contributed by atoms with Gasteiger partial charge in [-0.3, -0.25) is 0 Å². The van der Waals surface area contributed by atoms with E-state index in [0.29, 0.717) is 0 Å². The van der Waals surface area contributed by atoms with E-state index in [0.717, 1.165) is 17.1 Å². The van der Waals surface area contributed by atoms with Crippen LogP contribution in [-0.4, -0.2) is 0 Å². The molecule has 1 heteroatoms. The molecule has 2 unspecified atom stereocenters. The Morgan fingerprint density at radius 1 is 0.302 bits per heavy atom. The van der Waals surface area contributed by atoms with E-state index in [1.54, 1.807) is 0 Å². The molecule has 0 fully saturated rings. The first kappa shape index (κ1) is 37.1. The fraction of sp³-hybridized carbons (Fsp3) is 0.0645. The average molecular weight is 804 g/mol. The van der Waals surface area contributed by atoms with Crippen molar-refractivity contribution in [3.8, 4) is 44.5 Å². The predicted molar refractivity (Wildman–Crippen MR) is 264 cm³/mol. The van der Waals surface area contributed by atoms with Gasteiger partial charge in [-0.2, -0.15) is 0 Å². The summed E-state index contributed by atoms with van der Waals surface area (Å²) in [6, 6.07) is 87.7. The summed E-state index contributed by atoms with van der Waals surface area (Å²) in [6.45, 7) is 4.80. The van der Waals surface area contributed by atoms with Crippen molar-refractivity contribution in [3.05, 3.63) is 270 Å². The molecular formula is C62H45N. The molecular weight excluding hydrogens is 759 g/mol. The highest BCUT2D eigenvalue weighted by atomic mass is 15.1. The van der Waals surface area contributed by atoms with Crippen LogP contribution < -0.4 is 4.90 Å².